The van der Waals surface area contributed by atoms with Gasteiger partial charge in [-0.1, -0.05) is 0 Å². The molecular weight excluding hydrogens is 202 g/mol. The molecule has 0 spiro atoms. The molecule has 4 heteroatoms. The van der Waals surface area contributed by atoms with Gasteiger partial charge in [0.05, 0.1) is 0 Å². The third-order valence-electron chi connectivity index (χ3n) is 2.16. The van der Waals surface area contributed by atoms with Crippen LogP contribution in [0.2, 0.25) is 0 Å². The average molecular weight is 220 g/mol. The number of ketones is 2. The summed E-state index contributed by atoms with van der Waals surface area (Å²) in [6, 6.07) is 0. The van der Waals surface area contributed by atoms with Crippen molar-refractivity contribution in [2.45, 2.75) is 58.3 Å². The number of alkyl halides is 2. The van der Waals surface area contributed by atoms with Gasteiger partial charge < -0.3 is 9.59 Å². The van der Waals surface area contributed by atoms with E-state index in [1.807, 2.05) is 0 Å². The van der Waals surface area contributed by atoms with E-state index < -0.39 is 5.92 Å². The molecule has 0 heterocycles. The van der Waals surface area contributed by atoms with Crippen LogP contribution in [0.25, 0.3) is 0 Å². The van der Waals surface area contributed by atoms with Crippen LogP contribution in [-0.2, 0) is 9.59 Å². The quantitative estimate of drug-likeness (QED) is 0.589. The number of rotatable bonds is 8. The molecule has 2 nitrogen and oxygen atoms in total. The highest BCUT2D eigenvalue weighted by Gasteiger charge is 2.27. The second kappa shape index (κ2) is 6.64. The first kappa shape index (κ1) is 14.2. The smallest absolute Gasteiger partial charge is 0.248 e. The van der Waals surface area contributed by atoms with Gasteiger partial charge in [0.25, 0.3) is 0 Å². The molecule has 0 aliphatic carbocycles. The number of unbranched alkanes of at least 4 members (excludes halogenated alkanes) is 1. The number of carbonyl (C=O) groups excluding carboxylic acids is 2. The van der Waals surface area contributed by atoms with Gasteiger partial charge in [-0.3, -0.25) is 0 Å². The molecule has 0 unspecified atom stereocenters. The standard InChI is InChI=1S/C11H18F2O2/c1-9(14)5-3-4-7-11(12,13)8-6-10(2)15/h3-8H2,1-2H3. The van der Waals surface area contributed by atoms with Crippen LogP contribution in [0.5, 0.6) is 0 Å². The number of carbonyl (C=O) groups is 2. The van der Waals surface area contributed by atoms with E-state index in [4.69, 9.17) is 0 Å². The molecule has 0 fully saturated rings. The highest BCUT2D eigenvalue weighted by molar-refractivity contribution is 5.75. The van der Waals surface area contributed by atoms with Gasteiger partial charge in [0.1, 0.15) is 11.6 Å². The van der Waals surface area contributed by atoms with Gasteiger partial charge in [0.15, 0.2) is 0 Å². The van der Waals surface area contributed by atoms with E-state index in [2.05, 4.69) is 0 Å². The van der Waals surface area contributed by atoms with Crippen LogP contribution in [0.4, 0.5) is 8.78 Å². The number of halogens is 2. The van der Waals surface area contributed by atoms with Crippen molar-refractivity contribution in [2.75, 3.05) is 0 Å². The maximum atomic E-state index is 13.1. The predicted molar refractivity (Wildman–Crippen MR) is 54.0 cm³/mol. The van der Waals surface area contributed by atoms with Crippen LogP contribution in [0.15, 0.2) is 0 Å². The fourth-order valence-corrected chi connectivity index (χ4v) is 1.24. The zero-order valence-electron chi connectivity index (χ0n) is 9.32. The number of hydrogen-bond acceptors (Lipinski definition) is 2. The first-order valence-corrected chi connectivity index (χ1v) is 5.20. The van der Waals surface area contributed by atoms with E-state index in [0.29, 0.717) is 19.3 Å². The second-order valence-electron chi connectivity index (χ2n) is 3.97. The van der Waals surface area contributed by atoms with E-state index in [1.54, 1.807) is 0 Å². The summed E-state index contributed by atoms with van der Waals surface area (Å²) in [5, 5.41) is 0. The van der Waals surface area contributed by atoms with Crippen LogP contribution in [0, 0.1) is 0 Å². The Hall–Kier alpha value is -0.800. The molecule has 0 aliphatic rings. The molecule has 0 aromatic heterocycles. The third-order valence-corrected chi connectivity index (χ3v) is 2.16. The van der Waals surface area contributed by atoms with Gasteiger partial charge in [-0.15, -0.1) is 0 Å². The van der Waals surface area contributed by atoms with Gasteiger partial charge in [-0.2, -0.15) is 0 Å². The van der Waals surface area contributed by atoms with E-state index in [1.165, 1.54) is 13.8 Å². The van der Waals surface area contributed by atoms with E-state index in [0.717, 1.165) is 0 Å². The van der Waals surface area contributed by atoms with Gasteiger partial charge in [-0.25, -0.2) is 8.78 Å². The van der Waals surface area contributed by atoms with Gasteiger partial charge in [0, 0.05) is 25.7 Å². The Morgan fingerprint density at radius 3 is 1.93 bits per heavy atom. The zero-order chi connectivity index (χ0) is 11.9. The van der Waals surface area contributed by atoms with Crippen molar-refractivity contribution < 1.29 is 18.4 Å². The molecule has 15 heavy (non-hydrogen) atoms. The maximum absolute atomic E-state index is 13.1. The normalized spacial score (nSPS) is 11.5. The molecule has 0 saturated carbocycles. The van der Waals surface area contributed by atoms with E-state index in [-0.39, 0.29) is 30.8 Å². The lowest BCUT2D eigenvalue weighted by Crippen LogP contribution is -2.17. The molecule has 0 aromatic carbocycles. The fraction of sp³-hybridized carbons (Fsp3) is 0.818. The molecule has 0 N–H and O–H groups in total. The SMILES string of the molecule is CC(=O)CCCCC(F)(F)CCC(C)=O. The van der Waals surface area contributed by atoms with Crippen LogP contribution < -0.4 is 0 Å². The largest absolute Gasteiger partial charge is 0.300 e. The first-order valence-electron chi connectivity index (χ1n) is 5.20. The van der Waals surface area contributed by atoms with Crippen molar-refractivity contribution in [3.63, 3.8) is 0 Å². The summed E-state index contributed by atoms with van der Waals surface area (Å²) in [6.07, 6.45) is 0.536. The molecule has 0 aromatic rings. The highest BCUT2D eigenvalue weighted by atomic mass is 19.3. The molecule has 0 aliphatic heterocycles. The van der Waals surface area contributed by atoms with Crippen LogP contribution in [-0.4, -0.2) is 17.5 Å². The van der Waals surface area contributed by atoms with Crippen molar-refractivity contribution in [1.29, 1.82) is 0 Å². The van der Waals surface area contributed by atoms with Crippen molar-refractivity contribution in [3.8, 4) is 0 Å². The average Bonchev–Trinajstić information content (AvgIpc) is 2.09. The summed E-state index contributed by atoms with van der Waals surface area (Å²) in [6.45, 7) is 2.76. The van der Waals surface area contributed by atoms with Gasteiger partial charge in [-0.05, 0) is 26.7 Å². The maximum Gasteiger partial charge on any atom is 0.248 e. The minimum Gasteiger partial charge on any atom is -0.300 e. The van der Waals surface area contributed by atoms with Crippen LogP contribution in [0.1, 0.15) is 52.4 Å². The fourth-order valence-electron chi connectivity index (χ4n) is 1.24. The first-order chi connectivity index (χ1) is 6.83. The van der Waals surface area contributed by atoms with Crippen LogP contribution in [0.3, 0.4) is 0 Å². The van der Waals surface area contributed by atoms with E-state index >= 15 is 0 Å². The molecule has 88 valence electrons. The molecule has 0 bridgehead atoms. The summed E-state index contributed by atoms with van der Waals surface area (Å²) in [7, 11) is 0. The summed E-state index contributed by atoms with van der Waals surface area (Å²) in [4.78, 5) is 21.1. The minimum atomic E-state index is -2.76. The Morgan fingerprint density at radius 2 is 1.47 bits per heavy atom. The molecule has 0 amide bonds. The summed E-state index contributed by atoms with van der Waals surface area (Å²) in [5.41, 5.74) is 0. The predicted octanol–water partition coefficient (Wildman–Crippen LogP) is 3.14. The van der Waals surface area contributed by atoms with Crippen molar-refractivity contribution in [3.05, 3.63) is 0 Å². The lowest BCUT2D eigenvalue weighted by atomic mass is 10.0. The molecule has 0 saturated heterocycles. The van der Waals surface area contributed by atoms with E-state index in [9.17, 15) is 18.4 Å². The Balaban J connectivity index is 3.64. The topological polar surface area (TPSA) is 34.1 Å². The lowest BCUT2D eigenvalue weighted by Gasteiger charge is -2.14. The Kier molecular flexibility index (Phi) is 6.29. The summed E-state index contributed by atoms with van der Waals surface area (Å²) >= 11 is 0. The number of Topliss-reactive ketones (excluding diaryl/α,β-unsaturated/α-hetero) is 2. The third kappa shape index (κ3) is 9.50. The monoisotopic (exact) mass is 220 g/mol. The summed E-state index contributed by atoms with van der Waals surface area (Å²) in [5.74, 6) is -2.94. The Bertz CT molecular complexity index is 225. The Morgan fingerprint density at radius 1 is 0.933 bits per heavy atom. The Labute approximate surface area is 89.0 Å². The molecule has 0 atom stereocenters. The van der Waals surface area contributed by atoms with Crippen LogP contribution >= 0.6 is 0 Å². The minimum absolute atomic E-state index is 0.0297. The van der Waals surface area contributed by atoms with Gasteiger partial charge >= 0.3 is 0 Å². The zero-order valence-corrected chi connectivity index (χ0v) is 9.32. The van der Waals surface area contributed by atoms with Crippen molar-refractivity contribution >= 4 is 11.6 Å². The molecule has 0 radical (unpaired) electrons. The van der Waals surface area contributed by atoms with Gasteiger partial charge in [0.2, 0.25) is 5.92 Å². The lowest BCUT2D eigenvalue weighted by molar-refractivity contribution is -0.119. The molecular formula is C11H18F2O2. The van der Waals surface area contributed by atoms with Crippen molar-refractivity contribution in [2.24, 2.45) is 0 Å². The second-order valence-corrected chi connectivity index (χ2v) is 3.97. The highest BCUT2D eigenvalue weighted by Crippen LogP contribution is 2.27. The van der Waals surface area contributed by atoms with Crippen molar-refractivity contribution in [1.82, 2.24) is 0 Å². The summed E-state index contributed by atoms with van der Waals surface area (Å²) < 4.78 is 26.1. The molecule has 0 rings (SSSR count). The number of hydrogen-bond donors (Lipinski definition) is 0.